The van der Waals surface area contributed by atoms with Crippen LogP contribution in [0.1, 0.15) is 71.4 Å². The van der Waals surface area contributed by atoms with E-state index in [9.17, 15) is 0 Å². The summed E-state index contributed by atoms with van der Waals surface area (Å²) in [5.41, 5.74) is 4.58. The summed E-state index contributed by atoms with van der Waals surface area (Å²) in [7, 11) is 1.76. The van der Waals surface area contributed by atoms with E-state index in [0.29, 0.717) is 17.3 Å². The predicted octanol–water partition coefficient (Wildman–Crippen LogP) is 7.56. The minimum Gasteiger partial charge on any atom is -0.497 e. The standard InChI is InChI=1S/C30H45NO2/c1-23(2)19-25-9-7-11-28(20-25)33-22-24-14-17-31(18-15-24)29-21-27(32-6)13-12-26(29)10-8-16-30(3,4)5/h7,9,11-13,20-21,23-24H,8,10,14-19,22H2,1-6H3. The highest BCUT2D eigenvalue weighted by molar-refractivity contribution is 5.57. The fourth-order valence-corrected chi connectivity index (χ4v) is 4.77. The van der Waals surface area contributed by atoms with Crippen molar-refractivity contribution in [3.05, 3.63) is 53.6 Å². The Kier molecular flexibility index (Phi) is 9.11. The molecule has 1 saturated heterocycles. The van der Waals surface area contributed by atoms with Gasteiger partial charge in [0, 0.05) is 24.8 Å². The zero-order valence-corrected chi connectivity index (χ0v) is 21.8. The quantitative estimate of drug-likeness (QED) is 0.372. The largest absolute Gasteiger partial charge is 0.497 e. The highest BCUT2D eigenvalue weighted by Crippen LogP contribution is 2.32. The second-order valence-corrected chi connectivity index (χ2v) is 11.4. The molecule has 0 aromatic heterocycles. The SMILES string of the molecule is COc1ccc(CCCC(C)(C)C)c(N2CCC(COc3cccc(CC(C)C)c3)CC2)c1. The highest BCUT2D eigenvalue weighted by Gasteiger charge is 2.22. The van der Waals surface area contributed by atoms with Crippen LogP contribution in [-0.4, -0.2) is 26.8 Å². The molecule has 182 valence electrons. The van der Waals surface area contributed by atoms with Crippen molar-refractivity contribution < 1.29 is 9.47 Å². The third kappa shape index (κ3) is 8.28. The molecule has 3 nitrogen and oxygen atoms in total. The molecule has 0 unspecified atom stereocenters. The van der Waals surface area contributed by atoms with Crippen LogP contribution in [0.2, 0.25) is 0 Å². The lowest BCUT2D eigenvalue weighted by molar-refractivity contribution is 0.222. The first kappa shape index (κ1) is 25.5. The fraction of sp³-hybridized carbons (Fsp3) is 0.600. The predicted molar refractivity (Wildman–Crippen MR) is 141 cm³/mol. The molecule has 0 spiro atoms. The molecule has 1 fully saturated rings. The van der Waals surface area contributed by atoms with Crippen molar-refractivity contribution in [1.29, 1.82) is 0 Å². The van der Waals surface area contributed by atoms with E-state index in [1.165, 1.54) is 42.5 Å². The zero-order valence-electron chi connectivity index (χ0n) is 21.8. The minimum absolute atomic E-state index is 0.388. The first-order valence-electron chi connectivity index (χ1n) is 12.9. The number of aryl methyl sites for hydroxylation is 1. The van der Waals surface area contributed by atoms with Gasteiger partial charge in [0.15, 0.2) is 0 Å². The first-order chi connectivity index (χ1) is 15.7. The molecule has 0 aliphatic carbocycles. The number of benzene rings is 2. The number of hydrogen-bond donors (Lipinski definition) is 0. The molecule has 2 aromatic carbocycles. The summed E-state index contributed by atoms with van der Waals surface area (Å²) in [5, 5.41) is 0. The molecule has 0 saturated carbocycles. The molecule has 0 amide bonds. The summed E-state index contributed by atoms with van der Waals surface area (Å²) < 4.78 is 11.8. The fourth-order valence-electron chi connectivity index (χ4n) is 4.77. The molecular formula is C30H45NO2. The van der Waals surface area contributed by atoms with E-state index in [1.54, 1.807) is 7.11 Å². The topological polar surface area (TPSA) is 21.7 Å². The third-order valence-electron chi connectivity index (χ3n) is 6.65. The van der Waals surface area contributed by atoms with E-state index in [2.05, 4.69) is 82.0 Å². The Labute approximate surface area is 202 Å². The van der Waals surface area contributed by atoms with Crippen LogP contribution in [0.5, 0.6) is 11.5 Å². The van der Waals surface area contributed by atoms with Crippen molar-refractivity contribution in [2.75, 3.05) is 31.7 Å². The van der Waals surface area contributed by atoms with Crippen LogP contribution >= 0.6 is 0 Å². The van der Waals surface area contributed by atoms with Gasteiger partial charge < -0.3 is 14.4 Å². The average molecular weight is 452 g/mol. The second kappa shape index (κ2) is 11.8. The molecule has 1 aliphatic heterocycles. The maximum absolute atomic E-state index is 6.22. The van der Waals surface area contributed by atoms with Gasteiger partial charge in [0.25, 0.3) is 0 Å². The van der Waals surface area contributed by atoms with Crippen molar-refractivity contribution in [2.45, 2.75) is 73.1 Å². The van der Waals surface area contributed by atoms with Gasteiger partial charge in [0.1, 0.15) is 11.5 Å². The van der Waals surface area contributed by atoms with Gasteiger partial charge in [-0.1, -0.05) is 52.8 Å². The van der Waals surface area contributed by atoms with Gasteiger partial charge in [-0.25, -0.2) is 0 Å². The van der Waals surface area contributed by atoms with Crippen molar-refractivity contribution in [2.24, 2.45) is 17.3 Å². The van der Waals surface area contributed by atoms with E-state index in [4.69, 9.17) is 9.47 Å². The van der Waals surface area contributed by atoms with Crippen LogP contribution in [0.15, 0.2) is 42.5 Å². The summed E-state index contributed by atoms with van der Waals surface area (Å²) >= 11 is 0. The zero-order chi connectivity index (χ0) is 23.8. The van der Waals surface area contributed by atoms with Crippen LogP contribution in [0.3, 0.4) is 0 Å². The second-order valence-electron chi connectivity index (χ2n) is 11.4. The molecule has 1 heterocycles. The van der Waals surface area contributed by atoms with Gasteiger partial charge in [-0.05, 0) is 85.1 Å². The lowest BCUT2D eigenvalue weighted by Gasteiger charge is -2.35. The van der Waals surface area contributed by atoms with Crippen LogP contribution < -0.4 is 14.4 Å². The van der Waals surface area contributed by atoms with E-state index >= 15 is 0 Å². The summed E-state index contributed by atoms with van der Waals surface area (Å²) in [5.74, 6) is 3.25. The molecule has 0 radical (unpaired) electrons. The summed E-state index contributed by atoms with van der Waals surface area (Å²) in [6, 6.07) is 15.3. The molecule has 0 atom stereocenters. The molecule has 3 rings (SSSR count). The van der Waals surface area contributed by atoms with Gasteiger partial charge in [-0.3, -0.25) is 0 Å². The summed E-state index contributed by atoms with van der Waals surface area (Å²) in [4.78, 5) is 2.56. The summed E-state index contributed by atoms with van der Waals surface area (Å²) in [6.45, 7) is 14.5. The Balaban J connectivity index is 1.55. The van der Waals surface area contributed by atoms with Crippen molar-refractivity contribution >= 4 is 5.69 Å². The van der Waals surface area contributed by atoms with E-state index in [-0.39, 0.29) is 0 Å². The van der Waals surface area contributed by atoms with Crippen LogP contribution in [0.4, 0.5) is 5.69 Å². The molecule has 0 bridgehead atoms. The Morgan fingerprint density at radius 1 is 1.00 bits per heavy atom. The number of methoxy groups -OCH3 is 1. The Morgan fingerprint density at radius 2 is 1.76 bits per heavy atom. The Bertz CT molecular complexity index is 860. The normalized spacial score (nSPS) is 15.2. The monoisotopic (exact) mass is 451 g/mol. The lowest BCUT2D eigenvalue weighted by atomic mass is 9.88. The van der Waals surface area contributed by atoms with Gasteiger partial charge >= 0.3 is 0 Å². The maximum Gasteiger partial charge on any atom is 0.120 e. The van der Waals surface area contributed by atoms with Crippen LogP contribution in [-0.2, 0) is 12.8 Å². The number of ether oxygens (including phenoxy) is 2. The van der Waals surface area contributed by atoms with E-state index in [0.717, 1.165) is 44.0 Å². The van der Waals surface area contributed by atoms with Crippen LogP contribution in [0.25, 0.3) is 0 Å². The smallest absolute Gasteiger partial charge is 0.120 e. The lowest BCUT2D eigenvalue weighted by Crippen LogP contribution is -2.36. The number of hydrogen-bond acceptors (Lipinski definition) is 3. The number of anilines is 1. The minimum atomic E-state index is 0.388. The van der Waals surface area contributed by atoms with Gasteiger partial charge in [-0.15, -0.1) is 0 Å². The van der Waals surface area contributed by atoms with Crippen molar-refractivity contribution in [1.82, 2.24) is 0 Å². The van der Waals surface area contributed by atoms with Gasteiger partial charge in [0.05, 0.1) is 13.7 Å². The Hall–Kier alpha value is -2.16. The van der Waals surface area contributed by atoms with E-state index < -0.39 is 0 Å². The Morgan fingerprint density at radius 3 is 2.42 bits per heavy atom. The molecular weight excluding hydrogens is 406 g/mol. The van der Waals surface area contributed by atoms with Crippen LogP contribution in [0, 0.1) is 17.3 Å². The first-order valence-corrected chi connectivity index (χ1v) is 12.9. The van der Waals surface area contributed by atoms with Gasteiger partial charge in [0.2, 0.25) is 0 Å². The summed E-state index contributed by atoms with van der Waals surface area (Å²) in [6.07, 6.45) is 7.05. The molecule has 0 N–H and O–H groups in total. The number of piperidine rings is 1. The molecule has 2 aromatic rings. The van der Waals surface area contributed by atoms with Crippen molar-refractivity contribution in [3.63, 3.8) is 0 Å². The highest BCUT2D eigenvalue weighted by atomic mass is 16.5. The molecule has 3 heteroatoms. The third-order valence-corrected chi connectivity index (χ3v) is 6.65. The molecule has 1 aliphatic rings. The number of rotatable bonds is 10. The maximum atomic E-state index is 6.22. The van der Waals surface area contributed by atoms with Gasteiger partial charge in [-0.2, -0.15) is 0 Å². The van der Waals surface area contributed by atoms with Crippen molar-refractivity contribution in [3.8, 4) is 11.5 Å². The van der Waals surface area contributed by atoms with E-state index in [1.807, 2.05) is 0 Å². The molecule has 33 heavy (non-hydrogen) atoms. The average Bonchev–Trinajstić information content (AvgIpc) is 2.77. The number of nitrogens with zero attached hydrogens (tertiary/aromatic N) is 1.